The van der Waals surface area contributed by atoms with Gasteiger partial charge in [-0.1, -0.05) is 28.8 Å². The minimum absolute atomic E-state index is 0.0820. The molecule has 1 aliphatic heterocycles. The fourth-order valence-corrected chi connectivity index (χ4v) is 3.00. The van der Waals surface area contributed by atoms with Gasteiger partial charge in [0.1, 0.15) is 5.75 Å². The Labute approximate surface area is 134 Å². The van der Waals surface area contributed by atoms with Crippen LogP contribution in [-0.4, -0.2) is 37.0 Å². The molecule has 5 heteroatoms. The number of nitrogens with zero attached hydrogens (tertiary/aromatic N) is 1. The Morgan fingerprint density at radius 1 is 1.24 bits per heavy atom. The zero-order chi connectivity index (χ0) is 15.1. The molecular formula is C16H23BrN2O2. The number of ether oxygens (including phenoxy) is 1. The van der Waals surface area contributed by atoms with Crippen LogP contribution in [0.15, 0.2) is 22.7 Å². The van der Waals surface area contributed by atoms with Gasteiger partial charge in [-0.25, -0.2) is 0 Å². The molecule has 2 rings (SSSR count). The van der Waals surface area contributed by atoms with E-state index in [9.17, 15) is 4.79 Å². The van der Waals surface area contributed by atoms with Crippen molar-refractivity contribution < 1.29 is 9.53 Å². The highest BCUT2D eigenvalue weighted by Gasteiger charge is 2.16. The summed E-state index contributed by atoms with van der Waals surface area (Å²) in [6.45, 7) is 2.39. The molecule has 0 bridgehead atoms. The number of rotatable bonds is 5. The van der Waals surface area contributed by atoms with Crippen LogP contribution < -0.4 is 10.5 Å². The molecule has 0 saturated carbocycles. The van der Waals surface area contributed by atoms with Gasteiger partial charge in [0, 0.05) is 17.6 Å². The van der Waals surface area contributed by atoms with Crippen LogP contribution in [-0.2, 0) is 11.2 Å². The quantitative estimate of drug-likeness (QED) is 0.884. The molecule has 0 aliphatic carbocycles. The number of carbonyl (C=O) groups excluding carboxylic acids is 1. The third kappa shape index (κ3) is 5.00. The maximum Gasteiger partial charge on any atom is 0.260 e. The highest BCUT2D eigenvalue weighted by Crippen LogP contribution is 2.23. The first-order valence-corrected chi connectivity index (χ1v) is 8.39. The fourth-order valence-electron chi connectivity index (χ4n) is 2.59. The zero-order valence-corrected chi connectivity index (χ0v) is 13.9. The number of likely N-dealkylation sites (tertiary alicyclic amines) is 1. The molecule has 1 aliphatic rings. The number of hydrogen-bond acceptors (Lipinski definition) is 3. The lowest BCUT2D eigenvalue weighted by atomic mass is 10.1. The van der Waals surface area contributed by atoms with E-state index in [1.165, 1.54) is 12.8 Å². The van der Waals surface area contributed by atoms with Crippen molar-refractivity contribution in [1.29, 1.82) is 0 Å². The van der Waals surface area contributed by atoms with Crippen molar-refractivity contribution in [3.05, 3.63) is 28.2 Å². The SMILES string of the molecule is NCCc1cc(Br)ccc1OCC(=O)N1CCCCCC1. The Balaban J connectivity index is 1.93. The Morgan fingerprint density at radius 3 is 2.62 bits per heavy atom. The van der Waals surface area contributed by atoms with E-state index in [4.69, 9.17) is 10.5 Å². The average Bonchev–Trinajstić information content (AvgIpc) is 2.75. The normalized spacial score (nSPS) is 15.6. The van der Waals surface area contributed by atoms with Crippen LogP contribution in [0.5, 0.6) is 5.75 Å². The summed E-state index contributed by atoms with van der Waals surface area (Å²) in [6, 6.07) is 5.81. The second-order valence-electron chi connectivity index (χ2n) is 5.37. The highest BCUT2D eigenvalue weighted by molar-refractivity contribution is 9.10. The van der Waals surface area contributed by atoms with Crippen LogP contribution in [0.1, 0.15) is 31.2 Å². The summed E-state index contributed by atoms with van der Waals surface area (Å²) in [4.78, 5) is 14.2. The summed E-state index contributed by atoms with van der Waals surface area (Å²) in [7, 11) is 0. The van der Waals surface area contributed by atoms with Gasteiger partial charge < -0.3 is 15.4 Å². The van der Waals surface area contributed by atoms with Crippen molar-refractivity contribution in [1.82, 2.24) is 4.90 Å². The van der Waals surface area contributed by atoms with Crippen LogP contribution in [0.2, 0.25) is 0 Å². The molecule has 1 heterocycles. The predicted molar refractivity (Wildman–Crippen MR) is 87.4 cm³/mol. The summed E-state index contributed by atoms with van der Waals surface area (Å²) in [5, 5.41) is 0. The maximum atomic E-state index is 12.2. The molecule has 1 aromatic carbocycles. The largest absolute Gasteiger partial charge is 0.483 e. The van der Waals surface area contributed by atoms with Crippen molar-refractivity contribution >= 4 is 21.8 Å². The molecule has 0 atom stereocenters. The standard InChI is InChI=1S/C16H23BrN2O2/c17-14-5-6-15(13(11-14)7-8-18)21-12-16(20)19-9-3-1-2-4-10-19/h5-6,11H,1-4,7-10,12,18H2. The summed E-state index contributed by atoms with van der Waals surface area (Å²) < 4.78 is 6.73. The molecule has 0 radical (unpaired) electrons. The molecule has 2 N–H and O–H groups in total. The van der Waals surface area contributed by atoms with Crippen LogP contribution in [0.25, 0.3) is 0 Å². The van der Waals surface area contributed by atoms with Gasteiger partial charge >= 0.3 is 0 Å². The summed E-state index contributed by atoms with van der Waals surface area (Å²) in [5.41, 5.74) is 6.66. The average molecular weight is 355 g/mol. The fraction of sp³-hybridized carbons (Fsp3) is 0.562. The minimum atomic E-state index is 0.0820. The van der Waals surface area contributed by atoms with Gasteiger partial charge in [0.15, 0.2) is 6.61 Å². The van der Waals surface area contributed by atoms with Crippen molar-refractivity contribution in [2.45, 2.75) is 32.1 Å². The Kier molecular flexibility index (Phi) is 6.51. The van der Waals surface area contributed by atoms with Gasteiger partial charge in [0.05, 0.1) is 0 Å². The molecule has 21 heavy (non-hydrogen) atoms. The van der Waals surface area contributed by atoms with Gasteiger partial charge in [-0.05, 0) is 49.6 Å². The first kappa shape index (κ1) is 16.3. The Bertz CT molecular complexity index is 471. The third-order valence-corrected chi connectivity index (χ3v) is 4.24. The lowest BCUT2D eigenvalue weighted by molar-refractivity contribution is -0.133. The van der Waals surface area contributed by atoms with Gasteiger partial charge in [-0.15, -0.1) is 0 Å². The lowest BCUT2D eigenvalue weighted by Gasteiger charge is -2.21. The van der Waals surface area contributed by atoms with Crippen LogP contribution in [0, 0.1) is 0 Å². The number of carbonyl (C=O) groups is 1. The second kappa shape index (κ2) is 8.39. The molecule has 0 unspecified atom stereocenters. The van der Waals surface area contributed by atoms with Gasteiger partial charge in [0.2, 0.25) is 0 Å². The Morgan fingerprint density at radius 2 is 1.95 bits per heavy atom. The molecule has 1 aromatic rings. The molecule has 1 amide bonds. The van der Waals surface area contributed by atoms with E-state index in [2.05, 4.69) is 15.9 Å². The van der Waals surface area contributed by atoms with E-state index in [0.29, 0.717) is 6.54 Å². The molecule has 116 valence electrons. The van der Waals surface area contributed by atoms with Crippen LogP contribution in [0.4, 0.5) is 0 Å². The number of amides is 1. The number of nitrogens with two attached hydrogens (primary N) is 1. The second-order valence-corrected chi connectivity index (χ2v) is 6.29. The Hall–Kier alpha value is -1.07. The van der Waals surface area contributed by atoms with E-state index in [-0.39, 0.29) is 12.5 Å². The predicted octanol–water partition coefficient (Wildman–Crippen LogP) is 2.73. The number of hydrogen-bond donors (Lipinski definition) is 1. The van der Waals surface area contributed by atoms with Crippen LogP contribution in [0.3, 0.4) is 0 Å². The van der Waals surface area contributed by atoms with Gasteiger partial charge in [0.25, 0.3) is 5.91 Å². The summed E-state index contributed by atoms with van der Waals surface area (Å²) in [5.74, 6) is 0.838. The first-order valence-electron chi connectivity index (χ1n) is 7.60. The summed E-state index contributed by atoms with van der Waals surface area (Å²) >= 11 is 3.45. The van der Waals surface area contributed by atoms with E-state index >= 15 is 0 Å². The minimum Gasteiger partial charge on any atom is -0.483 e. The molecule has 0 aromatic heterocycles. The first-order chi connectivity index (χ1) is 10.2. The molecule has 1 fully saturated rings. The maximum absolute atomic E-state index is 12.2. The monoisotopic (exact) mass is 354 g/mol. The highest BCUT2D eigenvalue weighted by atomic mass is 79.9. The third-order valence-electron chi connectivity index (χ3n) is 3.75. The number of halogens is 1. The van der Waals surface area contributed by atoms with Crippen molar-refractivity contribution in [2.24, 2.45) is 5.73 Å². The topological polar surface area (TPSA) is 55.6 Å². The van der Waals surface area contributed by atoms with E-state index in [0.717, 1.165) is 48.1 Å². The molecule has 1 saturated heterocycles. The van der Waals surface area contributed by atoms with E-state index in [1.54, 1.807) is 0 Å². The van der Waals surface area contributed by atoms with Crippen molar-refractivity contribution in [3.63, 3.8) is 0 Å². The van der Waals surface area contributed by atoms with E-state index < -0.39 is 0 Å². The molecule has 0 spiro atoms. The van der Waals surface area contributed by atoms with Gasteiger partial charge in [-0.3, -0.25) is 4.79 Å². The summed E-state index contributed by atoms with van der Waals surface area (Å²) in [6.07, 6.45) is 5.38. The van der Waals surface area contributed by atoms with Crippen LogP contribution >= 0.6 is 15.9 Å². The zero-order valence-electron chi connectivity index (χ0n) is 12.3. The lowest BCUT2D eigenvalue weighted by Crippen LogP contribution is -2.35. The van der Waals surface area contributed by atoms with Gasteiger partial charge in [-0.2, -0.15) is 0 Å². The van der Waals surface area contributed by atoms with E-state index in [1.807, 2.05) is 23.1 Å². The molecule has 4 nitrogen and oxygen atoms in total. The number of benzene rings is 1. The smallest absolute Gasteiger partial charge is 0.260 e. The molecular weight excluding hydrogens is 332 g/mol. The van der Waals surface area contributed by atoms with Crippen molar-refractivity contribution in [2.75, 3.05) is 26.2 Å². The van der Waals surface area contributed by atoms with Crippen molar-refractivity contribution in [3.8, 4) is 5.75 Å².